The molecule has 0 unspecified atom stereocenters. The Morgan fingerprint density at radius 1 is 1.38 bits per heavy atom. The molecule has 4 nitrogen and oxygen atoms in total. The molecule has 0 atom stereocenters. The van der Waals surface area contributed by atoms with E-state index in [2.05, 4.69) is 4.74 Å². The van der Waals surface area contributed by atoms with Gasteiger partial charge in [0.25, 0.3) is 5.91 Å². The summed E-state index contributed by atoms with van der Waals surface area (Å²) in [6, 6.07) is 4.77. The number of rotatable bonds is 2. The van der Waals surface area contributed by atoms with Gasteiger partial charge in [-0.05, 0) is 19.1 Å². The Bertz CT molecular complexity index is 409. The maximum atomic E-state index is 13.1. The summed E-state index contributed by atoms with van der Waals surface area (Å²) in [5.74, 6) is -2.30. The zero-order chi connectivity index (χ0) is 12.1. The molecule has 0 aliphatic rings. The average molecular weight is 229 g/mol. The maximum Gasteiger partial charge on any atom is 0.446 e. The Morgan fingerprint density at radius 2 is 2.00 bits per heavy atom. The van der Waals surface area contributed by atoms with E-state index in [-0.39, 0.29) is 6.61 Å². The molecular formula is C10H9F2NO3. The van der Waals surface area contributed by atoms with E-state index in [1.165, 1.54) is 19.1 Å². The zero-order valence-corrected chi connectivity index (χ0v) is 8.44. The number of carbonyl (C=O) groups excluding carboxylic acids is 2. The molecule has 16 heavy (non-hydrogen) atoms. The van der Waals surface area contributed by atoms with Gasteiger partial charge in [-0.2, -0.15) is 0 Å². The topological polar surface area (TPSA) is 46.6 Å². The molecule has 0 fully saturated rings. The Labute approximate surface area is 90.4 Å². The van der Waals surface area contributed by atoms with Crippen LogP contribution in [0.3, 0.4) is 0 Å². The average Bonchev–Trinajstić information content (AvgIpc) is 2.28. The first-order chi connectivity index (χ1) is 7.57. The molecule has 0 radical (unpaired) electrons. The van der Waals surface area contributed by atoms with Crippen molar-refractivity contribution in [3.8, 4) is 0 Å². The van der Waals surface area contributed by atoms with Crippen LogP contribution in [0.5, 0.6) is 0 Å². The predicted octanol–water partition coefficient (Wildman–Crippen LogP) is 2.31. The Morgan fingerprint density at radius 3 is 2.56 bits per heavy atom. The highest BCUT2D eigenvalue weighted by Crippen LogP contribution is 2.11. The summed E-state index contributed by atoms with van der Waals surface area (Å²) in [5, 5.41) is -0.762. The number of hydrogen-bond donors (Lipinski definition) is 0. The van der Waals surface area contributed by atoms with Crippen molar-refractivity contribution in [2.24, 2.45) is 0 Å². The fourth-order valence-electron chi connectivity index (χ4n) is 1.00. The van der Waals surface area contributed by atoms with Gasteiger partial charge in [-0.25, -0.2) is 9.18 Å². The third-order valence-corrected chi connectivity index (χ3v) is 1.71. The normalized spacial score (nSPS) is 9.69. The van der Waals surface area contributed by atoms with E-state index < -0.39 is 28.5 Å². The molecule has 0 spiro atoms. The molecule has 1 aromatic rings. The number of benzene rings is 1. The number of nitrogens with zero attached hydrogens (tertiary/aromatic N) is 1. The molecule has 6 heteroatoms. The number of ether oxygens (including phenoxy) is 1. The molecule has 1 aromatic carbocycles. The highest BCUT2D eigenvalue weighted by molar-refractivity contribution is 6.01. The lowest BCUT2D eigenvalue weighted by atomic mass is 10.2. The highest BCUT2D eigenvalue weighted by Gasteiger charge is 2.26. The van der Waals surface area contributed by atoms with E-state index in [0.29, 0.717) is 0 Å². The molecule has 0 N–H and O–H groups in total. The predicted molar refractivity (Wildman–Crippen MR) is 50.7 cm³/mol. The monoisotopic (exact) mass is 229 g/mol. The van der Waals surface area contributed by atoms with Gasteiger partial charge in [0.15, 0.2) is 0 Å². The van der Waals surface area contributed by atoms with Crippen LogP contribution >= 0.6 is 0 Å². The molecular weight excluding hydrogens is 220 g/mol. The van der Waals surface area contributed by atoms with E-state index in [1.807, 2.05) is 0 Å². The first-order valence-electron chi connectivity index (χ1n) is 4.49. The SMILES string of the molecule is CCOC(=O)N(F)C(=O)c1ccccc1F. The summed E-state index contributed by atoms with van der Waals surface area (Å²) in [4.78, 5) is 22.1. The summed E-state index contributed by atoms with van der Waals surface area (Å²) < 4.78 is 30.4. The van der Waals surface area contributed by atoms with Crippen LogP contribution in [-0.4, -0.2) is 23.7 Å². The van der Waals surface area contributed by atoms with Crippen molar-refractivity contribution in [2.75, 3.05) is 6.61 Å². The van der Waals surface area contributed by atoms with Crippen LogP contribution < -0.4 is 0 Å². The lowest BCUT2D eigenvalue weighted by Crippen LogP contribution is -2.30. The van der Waals surface area contributed by atoms with E-state index in [0.717, 1.165) is 12.1 Å². The second kappa shape index (κ2) is 5.20. The van der Waals surface area contributed by atoms with Crippen molar-refractivity contribution in [2.45, 2.75) is 6.92 Å². The van der Waals surface area contributed by atoms with Crippen molar-refractivity contribution in [1.29, 1.82) is 0 Å². The van der Waals surface area contributed by atoms with Gasteiger partial charge in [-0.3, -0.25) is 4.79 Å². The van der Waals surface area contributed by atoms with Crippen LogP contribution in [0.4, 0.5) is 13.7 Å². The van der Waals surface area contributed by atoms with Gasteiger partial charge in [0.05, 0.1) is 12.2 Å². The number of amides is 2. The first-order valence-corrected chi connectivity index (χ1v) is 4.49. The van der Waals surface area contributed by atoms with Gasteiger partial charge in [-0.1, -0.05) is 21.7 Å². The van der Waals surface area contributed by atoms with Gasteiger partial charge in [-0.15, -0.1) is 0 Å². The fraction of sp³-hybridized carbons (Fsp3) is 0.200. The third kappa shape index (κ3) is 2.53. The minimum atomic E-state index is -1.46. The summed E-state index contributed by atoms with van der Waals surface area (Å²) in [7, 11) is 0. The second-order valence-corrected chi connectivity index (χ2v) is 2.76. The zero-order valence-electron chi connectivity index (χ0n) is 8.44. The van der Waals surface area contributed by atoms with Gasteiger partial charge in [0, 0.05) is 0 Å². The van der Waals surface area contributed by atoms with Crippen LogP contribution in [-0.2, 0) is 4.74 Å². The van der Waals surface area contributed by atoms with E-state index >= 15 is 0 Å². The highest BCUT2D eigenvalue weighted by atomic mass is 19.2. The lowest BCUT2D eigenvalue weighted by molar-refractivity contribution is 0.0135. The molecule has 0 bridgehead atoms. The van der Waals surface area contributed by atoms with E-state index in [1.54, 1.807) is 0 Å². The molecule has 1 rings (SSSR count). The Kier molecular flexibility index (Phi) is 3.93. The molecule has 86 valence electrons. The van der Waals surface area contributed by atoms with E-state index in [9.17, 15) is 18.5 Å². The van der Waals surface area contributed by atoms with Crippen molar-refractivity contribution in [3.63, 3.8) is 0 Å². The summed E-state index contributed by atoms with van der Waals surface area (Å²) in [6.07, 6.45) is -1.46. The van der Waals surface area contributed by atoms with Crippen LogP contribution in [0.2, 0.25) is 0 Å². The summed E-state index contributed by atoms with van der Waals surface area (Å²) in [6.45, 7) is 1.38. The van der Waals surface area contributed by atoms with Gasteiger partial charge in [0.2, 0.25) is 0 Å². The smallest absolute Gasteiger partial charge is 0.446 e. The fourth-order valence-corrected chi connectivity index (χ4v) is 1.00. The number of imide groups is 1. The standard InChI is InChI=1S/C10H9F2NO3/c1-2-16-10(15)13(12)9(14)7-5-3-4-6-8(7)11/h3-6H,2H2,1H3. The Balaban J connectivity index is 2.86. The summed E-state index contributed by atoms with van der Waals surface area (Å²) in [5.41, 5.74) is -0.530. The van der Waals surface area contributed by atoms with Crippen LogP contribution in [0.25, 0.3) is 0 Å². The van der Waals surface area contributed by atoms with Crippen LogP contribution in [0.1, 0.15) is 17.3 Å². The molecule has 0 aliphatic carbocycles. The molecule has 0 saturated heterocycles. The molecule has 2 amide bonds. The third-order valence-electron chi connectivity index (χ3n) is 1.71. The minimum Gasteiger partial charge on any atom is -0.448 e. The quantitative estimate of drug-likeness (QED) is 0.731. The van der Waals surface area contributed by atoms with Crippen molar-refractivity contribution in [3.05, 3.63) is 35.6 Å². The number of carbonyl (C=O) groups is 2. The van der Waals surface area contributed by atoms with E-state index in [4.69, 9.17) is 0 Å². The van der Waals surface area contributed by atoms with Gasteiger partial charge in [0.1, 0.15) is 5.82 Å². The van der Waals surface area contributed by atoms with Crippen LogP contribution in [0, 0.1) is 5.82 Å². The number of halogens is 2. The van der Waals surface area contributed by atoms with Crippen molar-refractivity contribution in [1.82, 2.24) is 5.12 Å². The lowest BCUT2D eigenvalue weighted by Gasteiger charge is -2.09. The molecule has 0 aliphatic heterocycles. The van der Waals surface area contributed by atoms with Crippen LogP contribution in [0.15, 0.2) is 24.3 Å². The van der Waals surface area contributed by atoms with Crippen molar-refractivity contribution >= 4 is 12.0 Å². The minimum absolute atomic E-state index is 0.0796. The summed E-state index contributed by atoms with van der Waals surface area (Å²) >= 11 is 0. The van der Waals surface area contributed by atoms with Crippen molar-refractivity contribution < 1.29 is 23.2 Å². The second-order valence-electron chi connectivity index (χ2n) is 2.76. The molecule has 0 saturated carbocycles. The van der Waals surface area contributed by atoms with Gasteiger partial charge < -0.3 is 4.74 Å². The molecule has 0 aromatic heterocycles. The first kappa shape index (κ1) is 12.1. The number of hydrogen-bond acceptors (Lipinski definition) is 3. The van der Waals surface area contributed by atoms with Gasteiger partial charge >= 0.3 is 6.09 Å². The Hall–Kier alpha value is -1.98. The largest absolute Gasteiger partial charge is 0.448 e. The molecule has 0 heterocycles. The maximum absolute atomic E-state index is 13.1.